The molecule has 2 rings (SSSR count). The molecule has 1 amide bonds. The zero-order chi connectivity index (χ0) is 16.3. The van der Waals surface area contributed by atoms with Crippen molar-refractivity contribution < 1.29 is 18.7 Å². The Morgan fingerprint density at radius 1 is 1.32 bits per heavy atom. The van der Waals surface area contributed by atoms with Crippen LogP contribution in [0.2, 0.25) is 0 Å². The van der Waals surface area contributed by atoms with Gasteiger partial charge in [-0.05, 0) is 38.2 Å². The van der Waals surface area contributed by atoms with Crippen molar-refractivity contribution in [3.8, 4) is 0 Å². The monoisotopic (exact) mass is 307 g/mol. The second kappa shape index (κ2) is 6.99. The van der Waals surface area contributed by atoms with Gasteiger partial charge in [-0.3, -0.25) is 4.79 Å². The zero-order valence-electron chi connectivity index (χ0n) is 13.8. The third-order valence-corrected chi connectivity index (χ3v) is 4.65. The van der Waals surface area contributed by atoms with Gasteiger partial charge in [0.1, 0.15) is 17.1 Å². The van der Waals surface area contributed by atoms with Gasteiger partial charge in [-0.2, -0.15) is 0 Å². The number of hydrogen-bond acceptors (Lipinski definition) is 4. The summed E-state index contributed by atoms with van der Waals surface area (Å²) in [5.74, 6) is 1.47. The van der Waals surface area contributed by atoms with Crippen LogP contribution in [0.3, 0.4) is 0 Å². The summed E-state index contributed by atoms with van der Waals surface area (Å²) in [6.45, 7) is 7.60. The Bertz CT molecular complexity index is 549. The van der Waals surface area contributed by atoms with Gasteiger partial charge in [-0.25, -0.2) is 4.79 Å². The van der Waals surface area contributed by atoms with E-state index in [-0.39, 0.29) is 18.6 Å². The summed E-state index contributed by atoms with van der Waals surface area (Å²) < 4.78 is 10.4. The van der Waals surface area contributed by atoms with E-state index in [1.807, 2.05) is 0 Å². The number of carbonyl (C=O) groups excluding carboxylic acids is 2. The van der Waals surface area contributed by atoms with E-state index in [0.29, 0.717) is 28.9 Å². The highest BCUT2D eigenvalue weighted by Gasteiger charge is 2.28. The Balaban J connectivity index is 1.82. The minimum atomic E-state index is -0.519. The Morgan fingerprint density at radius 2 is 2.05 bits per heavy atom. The van der Waals surface area contributed by atoms with Crippen LogP contribution < -0.4 is 5.32 Å². The number of nitrogens with one attached hydrogen (secondary N) is 1. The molecule has 1 saturated carbocycles. The van der Waals surface area contributed by atoms with Crippen LogP contribution in [0.15, 0.2) is 10.5 Å². The number of furan rings is 1. The maximum Gasteiger partial charge on any atom is 0.342 e. The smallest absolute Gasteiger partial charge is 0.342 e. The maximum atomic E-state index is 12.0. The van der Waals surface area contributed by atoms with Crippen LogP contribution in [-0.2, 0) is 9.53 Å². The number of hydrogen-bond donors (Lipinski definition) is 1. The normalized spacial score (nSPS) is 24.8. The molecule has 0 unspecified atom stereocenters. The molecule has 1 aliphatic carbocycles. The zero-order valence-corrected chi connectivity index (χ0v) is 13.8. The second-order valence-electron chi connectivity index (χ2n) is 6.34. The number of ether oxygens (including phenoxy) is 1. The molecule has 0 radical (unpaired) electrons. The standard InChI is InChI=1S/C17H25NO4/c1-10-6-5-7-15(12(10)3)18-16(19)9-21-17(20)14-8-11(2)22-13(14)4/h8,10,12,15H,5-7,9H2,1-4H3,(H,18,19)/t10-,12-,15-/m1/s1. The van der Waals surface area contributed by atoms with Gasteiger partial charge in [0.15, 0.2) is 6.61 Å². The van der Waals surface area contributed by atoms with Crippen molar-refractivity contribution in [1.29, 1.82) is 0 Å². The Labute approximate surface area is 131 Å². The first-order valence-corrected chi connectivity index (χ1v) is 7.92. The molecular formula is C17H25NO4. The van der Waals surface area contributed by atoms with E-state index in [0.717, 1.165) is 12.8 Å². The third kappa shape index (κ3) is 3.90. The molecule has 3 atom stereocenters. The minimum Gasteiger partial charge on any atom is -0.466 e. The predicted octanol–water partition coefficient (Wildman–Crippen LogP) is 2.99. The van der Waals surface area contributed by atoms with Crippen LogP contribution >= 0.6 is 0 Å². The van der Waals surface area contributed by atoms with Gasteiger partial charge in [0.2, 0.25) is 0 Å². The van der Waals surface area contributed by atoms with E-state index in [4.69, 9.17) is 9.15 Å². The molecule has 0 aromatic carbocycles. The summed E-state index contributed by atoms with van der Waals surface area (Å²) in [5, 5.41) is 2.99. The molecule has 1 aromatic rings. The highest BCUT2D eigenvalue weighted by Crippen LogP contribution is 2.29. The predicted molar refractivity (Wildman–Crippen MR) is 82.6 cm³/mol. The largest absolute Gasteiger partial charge is 0.466 e. The highest BCUT2D eigenvalue weighted by atomic mass is 16.5. The van der Waals surface area contributed by atoms with Crippen LogP contribution in [-0.4, -0.2) is 24.5 Å². The number of rotatable bonds is 4. The van der Waals surface area contributed by atoms with E-state index in [2.05, 4.69) is 19.2 Å². The highest BCUT2D eigenvalue weighted by molar-refractivity contribution is 5.92. The first kappa shape index (κ1) is 16.6. The number of aryl methyl sites for hydroxylation is 2. The Hall–Kier alpha value is -1.78. The lowest BCUT2D eigenvalue weighted by Gasteiger charge is -2.34. The van der Waals surface area contributed by atoms with Gasteiger partial charge < -0.3 is 14.5 Å². The second-order valence-corrected chi connectivity index (χ2v) is 6.34. The van der Waals surface area contributed by atoms with Gasteiger partial charge in [-0.1, -0.05) is 26.7 Å². The molecule has 1 fully saturated rings. The molecule has 5 heteroatoms. The van der Waals surface area contributed by atoms with Crippen molar-refractivity contribution in [2.45, 2.75) is 53.0 Å². The number of esters is 1. The average molecular weight is 307 g/mol. The molecular weight excluding hydrogens is 282 g/mol. The van der Waals surface area contributed by atoms with E-state index in [1.165, 1.54) is 6.42 Å². The van der Waals surface area contributed by atoms with E-state index in [9.17, 15) is 9.59 Å². The van der Waals surface area contributed by atoms with Crippen LogP contribution in [0.4, 0.5) is 0 Å². The fourth-order valence-electron chi connectivity index (χ4n) is 3.08. The van der Waals surface area contributed by atoms with Crippen molar-refractivity contribution in [1.82, 2.24) is 5.32 Å². The van der Waals surface area contributed by atoms with Crippen molar-refractivity contribution in [2.24, 2.45) is 11.8 Å². The Morgan fingerprint density at radius 3 is 2.68 bits per heavy atom. The lowest BCUT2D eigenvalue weighted by molar-refractivity contribution is -0.125. The lowest BCUT2D eigenvalue weighted by atomic mass is 9.78. The van der Waals surface area contributed by atoms with Gasteiger partial charge in [0.05, 0.1) is 0 Å². The van der Waals surface area contributed by atoms with Crippen molar-refractivity contribution >= 4 is 11.9 Å². The van der Waals surface area contributed by atoms with E-state index < -0.39 is 5.97 Å². The molecule has 1 heterocycles. The third-order valence-electron chi connectivity index (χ3n) is 4.65. The summed E-state index contributed by atoms with van der Waals surface area (Å²) >= 11 is 0. The molecule has 0 bridgehead atoms. The molecule has 0 aliphatic heterocycles. The minimum absolute atomic E-state index is 0.174. The first-order valence-electron chi connectivity index (χ1n) is 7.92. The first-order chi connectivity index (χ1) is 10.4. The molecule has 1 N–H and O–H groups in total. The molecule has 0 spiro atoms. The molecule has 0 saturated heterocycles. The SMILES string of the molecule is Cc1cc(C(=O)OCC(=O)N[C@@H]2CCC[C@@H](C)[C@H]2C)c(C)o1. The fraction of sp³-hybridized carbons (Fsp3) is 0.647. The van der Waals surface area contributed by atoms with Crippen LogP contribution in [0.5, 0.6) is 0 Å². The van der Waals surface area contributed by atoms with Crippen LogP contribution in [0.25, 0.3) is 0 Å². The van der Waals surface area contributed by atoms with Gasteiger partial charge in [0.25, 0.3) is 5.91 Å². The molecule has 122 valence electrons. The number of amides is 1. The van der Waals surface area contributed by atoms with Crippen LogP contribution in [0, 0.1) is 25.7 Å². The summed E-state index contributed by atoms with van der Waals surface area (Å²) in [6, 6.07) is 1.80. The fourth-order valence-corrected chi connectivity index (χ4v) is 3.08. The molecule has 1 aromatic heterocycles. The average Bonchev–Trinajstić information content (AvgIpc) is 2.80. The topological polar surface area (TPSA) is 68.5 Å². The van der Waals surface area contributed by atoms with E-state index >= 15 is 0 Å². The lowest BCUT2D eigenvalue weighted by Crippen LogP contribution is -2.45. The molecule has 5 nitrogen and oxygen atoms in total. The van der Waals surface area contributed by atoms with Gasteiger partial charge in [-0.15, -0.1) is 0 Å². The quantitative estimate of drug-likeness (QED) is 0.868. The van der Waals surface area contributed by atoms with Crippen LogP contribution in [0.1, 0.15) is 55.0 Å². The van der Waals surface area contributed by atoms with Crippen molar-refractivity contribution in [3.63, 3.8) is 0 Å². The van der Waals surface area contributed by atoms with Crippen molar-refractivity contribution in [3.05, 3.63) is 23.2 Å². The maximum absolute atomic E-state index is 12.0. The number of carbonyl (C=O) groups is 2. The summed E-state index contributed by atoms with van der Waals surface area (Å²) in [4.78, 5) is 23.9. The van der Waals surface area contributed by atoms with E-state index in [1.54, 1.807) is 19.9 Å². The van der Waals surface area contributed by atoms with Gasteiger partial charge in [0, 0.05) is 6.04 Å². The Kier molecular flexibility index (Phi) is 5.27. The van der Waals surface area contributed by atoms with Crippen molar-refractivity contribution in [2.75, 3.05) is 6.61 Å². The molecule has 1 aliphatic rings. The van der Waals surface area contributed by atoms with Gasteiger partial charge >= 0.3 is 5.97 Å². The molecule has 22 heavy (non-hydrogen) atoms. The summed E-state index contributed by atoms with van der Waals surface area (Å²) in [6.07, 6.45) is 3.33. The summed E-state index contributed by atoms with van der Waals surface area (Å²) in [5.41, 5.74) is 0.380. The summed E-state index contributed by atoms with van der Waals surface area (Å²) in [7, 11) is 0.